The molecule has 4 aromatic rings. The van der Waals surface area contributed by atoms with Gasteiger partial charge in [-0.1, -0.05) is 28.9 Å². The van der Waals surface area contributed by atoms with Crippen molar-refractivity contribution in [1.82, 2.24) is 15.1 Å². The molecule has 0 fully saturated rings. The number of aryl methyl sites for hydroxylation is 2. The molecule has 6 nitrogen and oxygen atoms in total. The molecule has 0 saturated heterocycles. The number of nitrogens with zero attached hydrogens (tertiary/aromatic N) is 3. The molecule has 3 heterocycles. The summed E-state index contributed by atoms with van der Waals surface area (Å²) in [6.07, 6.45) is 1.71. The molecular weight excluding hydrogens is 328 g/mol. The number of nitrogens with one attached hydrogen (secondary N) is 1. The fourth-order valence-corrected chi connectivity index (χ4v) is 2.62. The summed E-state index contributed by atoms with van der Waals surface area (Å²) in [4.78, 5) is 8.86. The van der Waals surface area contributed by atoms with Crippen molar-refractivity contribution in [2.45, 2.75) is 20.4 Å². The zero-order chi connectivity index (χ0) is 17.9. The highest BCUT2D eigenvalue weighted by Crippen LogP contribution is 2.23. The first-order valence-corrected chi connectivity index (χ1v) is 8.34. The average molecular weight is 346 g/mol. The monoisotopic (exact) mass is 346 g/mol. The van der Waals surface area contributed by atoms with E-state index in [2.05, 4.69) is 20.4 Å². The lowest BCUT2D eigenvalue weighted by Gasteiger charge is -2.03. The lowest BCUT2D eigenvalue weighted by Crippen LogP contribution is -2.00. The normalized spacial score (nSPS) is 10.8. The smallest absolute Gasteiger partial charge is 0.259 e. The van der Waals surface area contributed by atoms with Crippen LogP contribution in [0.15, 0.2) is 63.7 Å². The number of hydrogen-bond donors (Lipinski definition) is 1. The van der Waals surface area contributed by atoms with Crippen LogP contribution in [0.2, 0.25) is 0 Å². The van der Waals surface area contributed by atoms with Crippen LogP contribution >= 0.6 is 0 Å². The minimum Gasteiger partial charge on any atom is -0.465 e. The summed E-state index contributed by atoms with van der Waals surface area (Å²) in [6, 6.07) is 15.7. The first-order valence-electron chi connectivity index (χ1n) is 8.34. The highest BCUT2D eigenvalue weighted by atomic mass is 16.5. The molecular formula is C20H18N4O2. The third-order valence-corrected chi connectivity index (χ3v) is 3.95. The van der Waals surface area contributed by atoms with Crippen LogP contribution in [0.3, 0.4) is 0 Å². The van der Waals surface area contributed by atoms with E-state index in [0.29, 0.717) is 18.3 Å². The topological polar surface area (TPSA) is 77.0 Å². The molecule has 3 aromatic heterocycles. The molecule has 0 spiro atoms. The zero-order valence-corrected chi connectivity index (χ0v) is 14.6. The van der Waals surface area contributed by atoms with Gasteiger partial charge in [-0.25, -0.2) is 4.98 Å². The van der Waals surface area contributed by atoms with E-state index in [4.69, 9.17) is 8.94 Å². The Bertz CT molecular complexity index is 1020. The van der Waals surface area contributed by atoms with E-state index in [-0.39, 0.29) is 0 Å². The van der Waals surface area contributed by atoms with Crippen LogP contribution in [0.4, 0.5) is 5.82 Å². The number of aromatic nitrogens is 3. The molecule has 6 heteroatoms. The summed E-state index contributed by atoms with van der Waals surface area (Å²) in [5.74, 6) is 3.53. The first kappa shape index (κ1) is 16.1. The summed E-state index contributed by atoms with van der Waals surface area (Å²) in [7, 11) is 0. The Morgan fingerprint density at radius 2 is 1.92 bits per heavy atom. The number of furan rings is 1. The van der Waals surface area contributed by atoms with Crippen LogP contribution in [0, 0.1) is 13.8 Å². The molecule has 0 atom stereocenters. The van der Waals surface area contributed by atoms with E-state index >= 15 is 0 Å². The Hall–Kier alpha value is -3.41. The van der Waals surface area contributed by atoms with Gasteiger partial charge >= 0.3 is 0 Å². The molecule has 0 bridgehead atoms. The maximum atomic E-state index is 5.53. The van der Waals surface area contributed by atoms with Crippen molar-refractivity contribution in [2.75, 3.05) is 5.32 Å². The molecule has 0 aliphatic heterocycles. The molecule has 0 saturated carbocycles. The van der Waals surface area contributed by atoms with Crippen LogP contribution in [0.5, 0.6) is 0 Å². The second kappa shape index (κ2) is 6.84. The van der Waals surface area contributed by atoms with Gasteiger partial charge < -0.3 is 14.3 Å². The molecule has 0 aliphatic rings. The van der Waals surface area contributed by atoms with Gasteiger partial charge in [0, 0.05) is 11.8 Å². The van der Waals surface area contributed by atoms with Crippen molar-refractivity contribution in [2.24, 2.45) is 0 Å². The largest absolute Gasteiger partial charge is 0.465 e. The van der Waals surface area contributed by atoms with Crippen LogP contribution in [-0.4, -0.2) is 15.1 Å². The summed E-state index contributed by atoms with van der Waals surface area (Å²) in [5.41, 5.74) is 2.86. The summed E-state index contributed by atoms with van der Waals surface area (Å²) in [6.45, 7) is 4.54. The van der Waals surface area contributed by atoms with Crippen LogP contribution < -0.4 is 5.32 Å². The molecule has 0 radical (unpaired) electrons. The van der Waals surface area contributed by atoms with Gasteiger partial charge in [0.15, 0.2) is 0 Å². The molecule has 1 aromatic carbocycles. The predicted octanol–water partition coefficient (Wildman–Crippen LogP) is 4.62. The maximum absolute atomic E-state index is 5.53. The number of anilines is 1. The molecule has 1 N–H and O–H groups in total. The Morgan fingerprint density at radius 1 is 1.00 bits per heavy atom. The summed E-state index contributed by atoms with van der Waals surface area (Å²) >= 11 is 0. The van der Waals surface area contributed by atoms with Gasteiger partial charge in [0.1, 0.15) is 17.3 Å². The number of benzene rings is 1. The average Bonchev–Trinajstić information content (AvgIpc) is 3.30. The Morgan fingerprint density at radius 3 is 2.65 bits per heavy atom. The van der Waals surface area contributed by atoms with Gasteiger partial charge in [-0.15, -0.1) is 0 Å². The van der Waals surface area contributed by atoms with E-state index < -0.39 is 0 Å². The van der Waals surface area contributed by atoms with Crippen molar-refractivity contribution in [1.29, 1.82) is 0 Å². The van der Waals surface area contributed by atoms with Crippen LogP contribution in [0.25, 0.3) is 22.8 Å². The van der Waals surface area contributed by atoms with E-state index in [9.17, 15) is 0 Å². The van der Waals surface area contributed by atoms with Gasteiger partial charge in [0.05, 0.1) is 12.1 Å². The Labute approximate surface area is 150 Å². The molecule has 130 valence electrons. The maximum Gasteiger partial charge on any atom is 0.259 e. The lowest BCUT2D eigenvalue weighted by atomic mass is 10.1. The predicted molar refractivity (Wildman–Crippen MR) is 98.5 cm³/mol. The third kappa shape index (κ3) is 3.49. The second-order valence-corrected chi connectivity index (χ2v) is 6.09. The SMILES string of the molecule is Cc1cccc(-c2noc(-c3ccc(NCc4ccc(C)o4)nc3)n2)c1. The third-order valence-electron chi connectivity index (χ3n) is 3.95. The van der Waals surface area contributed by atoms with Crippen LogP contribution in [0.1, 0.15) is 17.1 Å². The second-order valence-electron chi connectivity index (χ2n) is 6.09. The lowest BCUT2D eigenvalue weighted by molar-refractivity contribution is 0.432. The number of pyridine rings is 1. The van der Waals surface area contributed by atoms with Crippen LogP contribution in [-0.2, 0) is 6.54 Å². The van der Waals surface area contributed by atoms with Crippen molar-refractivity contribution >= 4 is 5.82 Å². The van der Waals surface area contributed by atoms with Gasteiger partial charge in [0.25, 0.3) is 5.89 Å². The molecule has 0 aliphatic carbocycles. The van der Waals surface area contributed by atoms with Gasteiger partial charge in [0.2, 0.25) is 5.82 Å². The van der Waals surface area contributed by atoms with Gasteiger partial charge in [-0.2, -0.15) is 4.98 Å². The quantitative estimate of drug-likeness (QED) is 0.568. The van der Waals surface area contributed by atoms with E-state index in [1.807, 2.05) is 62.4 Å². The molecule has 26 heavy (non-hydrogen) atoms. The van der Waals surface area contributed by atoms with Crippen molar-refractivity contribution in [3.05, 3.63) is 71.8 Å². The van der Waals surface area contributed by atoms with Crippen molar-refractivity contribution in [3.8, 4) is 22.8 Å². The highest BCUT2D eigenvalue weighted by molar-refractivity contribution is 5.60. The first-order chi connectivity index (χ1) is 12.7. The molecule has 0 amide bonds. The van der Waals surface area contributed by atoms with Gasteiger partial charge in [-0.3, -0.25) is 0 Å². The standard InChI is InChI=1S/C20H18N4O2/c1-13-4-3-5-15(10-13)19-23-20(26-24-19)16-7-9-18(21-11-16)22-12-17-8-6-14(2)25-17/h3-11H,12H2,1-2H3,(H,21,22). The molecule has 4 rings (SSSR count). The molecule has 0 unspecified atom stereocenters. The van der Waals surface area contributed by atoms with Gasteiger partial charge in [-0.05, 0) is 44.2 Å². The summed E-state index contributed by atoms with van der Waals surface area (Å²) < 4.78 is 10.9. The number of hydrogen-bond acceptors (Lipinski definition) is 6. The van der Waals surface area contributed by atoms with E-state index in [1.165, 1.54) is 0 Å². The van der Waals surface area contributed by atoms with E-state index in [1.54, 1.807) is 6.20 Å². The van der Waals surface area contributed by atoms with Crippen molar-refractivity contribution in [3.63, 3.8) is 0 Å². The minimum absolute atomic E-state index is 0.446. The Kier molecular flexibility index (Phi) is 4.23. The van der Waals surface area contributed by atoms with E-state index in [0.717, 1.165) is 34.0 Å². The highest BCUT2D eigenvalue weighted by Gasteiger charge is 2.11. The Balaban J connectivity index is 1.47. The zero-order valence-electron chi connectivity index (χ0n) is 14.6. The fourth-order valence-electron chi connectivity index (χ4n) is 2.62. The minimum atomic E-state index is 0.446. The van der Waals surface area contributed by atoms with Crippen molar-refractivity contribution < 1.29 is 8.94 Å². The number of rotatable bonds is 5. The fraction of sp³-hybridized carbons (Fsp3) is 0.150. The summed E-state index contributed by atoms with van der Waals surface area (Å²) in [5, 5.41) is 7.28.